The maximum Gasteiger partial charge on any atom is 0.158 e. The van der Waals surface area contributed by atoms with Crippen LogP contribution in [0.25, 0.3) is 21.9 Å². The molecule has 2 aliphatic rings. The van der Waals surface area contributed by atoms with Crippen molar-refractivity contribution in [2.75, 3.05) is 10.2 Å². The second-order valence-electron chi connectivity index (χ2n) is 8.55. The summed E-state index contributed by atoms with van der Waals surface area (Å²) >= 11 is 0. The summed E-state index contributed by atoms with van der Waals surface area (Å²) in [5, 5.41) is 5.89. The molecule has 1 aromatic heterocycles. The van der Waals surface area contributed by atoms with E-state index >= 15 is 0 Å². The van der Waals surface area contributed by atoms with Crippen LogP contribution in [0.5, 0.6) is 0 Å². The number of hydrogen-bond donors (Lipinski definition) is 1. The first-order valence-electron chi connectivity index (χ1n) is 11.6. The Morgan fingerprint density at radius 2 is 1.76 bits per heavy atom. The van der Waals surface area contributed by atoms with Crippen molar-refractivity contribution in [1.29, 1.82) is 0 Å². The van der Waals surface area contributed by atoms with Gasteiger partial charge in [0.25, 0.3) is 0 Å². The lowest BCUT2D eigenvalue weighted by molar-refractivity contribution is 0.670. The van der Waals surface area contributed by atoms with Crippen molar-refractivity contribution >= 4 is 39.0 Å². The Kier molecular flexibility index (Phi) is 5.08. The Hall–Kier alpha value is -3.98. The summed E-state index contributed by atoms with van der Waals surface area (Å²) in [6.45, 7) is 0. The van der Waals surface area contributed by atoms with Crippen LogP contribution in [0, 0.1) is 0 Å². The highest BCUT2D eigenvalue weighted by molar-refractivity contribution is 6.09. The summed E-state index contributed by atoms with van der Waals surface area (Å²) in [6, 6.07) is 23.5. The maximum absolute atomic E-state index is 6.22. The Balaban J connectivity index is 1.38. The van der Waals surface area contributed by atoms with Crippen LogP contribution in [0.1, 0.15) is 19.3 Å². The third-order valence-electron chi connectivity index (χ3n) is 6.35. The van der Waals surface area contributed by atoms with E-state index in [1.807, 2.05) is 12.1 Å². The van der Waals surface area contributed by atoms with Gasteiger partial charge in [0, 0.05) is 27.8 Å². The topological polar surface area (TPSA) is 28.4 Å². The van der Waals surface area contributed by atoms with Crippen molar-refractivity contribution in [3.8, 4) is 0 Å². The molecule has 4 aromatic rings. The zero-order chi connectivity index (χ0) is 22.0. The summed E-state index contributed by atoms with van der Waals surface area (Å²) in [5.74, 6) is 0. The normalized spacial score (nSPS) is 17.5. The average molecular weight is 431 g/mol. The predicted molar refractivity (Wildman–Crippen MR) is 139 cm³/mol. The predicted octanol–water partition coefficient (Wildman–Crippen LogP) is 8.25. The summed E-state index contributed by atoms with van der Waals surface area (Å²) in [6.07, 6.45) is 18.9. The molecule has 1 unspecified atom stereocenters. The fraction of sp³-hybridized carbons (Fsp3) is 0.133. The second-order valence-corrected chi connectivity index (χ2v) is 8.55. The molecule has 3 heteroatoms. The monoisotopic (exact) mass is 430 g/mol. The molecule has 162 valence electrons. The number of fused-ring (bicyclic) bond motifs is 3. The summed E-state index contributed by atoms with van der Waals surface area (Å²) < 4.78 is 6.22. The van der Waals surface area contributed by atoms with Gasteiger partial charge in [0.05, 0.1) is 11.7 Å². The van der Waals surface area contributed by atoms with Crippen LogP contribution < -0.4 is 10.2 Å². The molecule has 0 radical (unpaired) electrons. The van der Waals surface area contributed by atoms with Crippen molar-refractivity contribution in [3.63, 3.8) is 0 Å². The Morgan fingerprint density at radius 3 is 2.64 bits per heavy atom. The largest absolute Gasteiger partial charge is 0.454 e. The number of nitrogens with one attached hydrogen (secondary N) is 1. The zero-order valence-electron chi connectivity index (χ0n) is 18.4. The molecule has 0 saturated heterocycles. The van der Waals surface area contributed by atoms with Crippen LogP contribution in [-0.2, 0) is 0 Å². The Bertz CT molecular complexity index is 1440. The molecule has 0 amide bonds. The fourth-order valence-electron chi connectivity index (χ4n) is 4.80. The van der Waals surface area contributed by atoms with E-state index in [1.165, 1.54) is 11.4 Å². The minimum absolute atomic E-state index is 0.304. The molecule has 0 aliphatic heterocycles. The molecule has 6 rings (SSSR count). The molecule has 0 bridgehead atoms. The number of para-hydroxylation sites is 2. The van der Waals surface area contributed by atoms with Gasteiger partial charge in [0.2, 0.25) is 0 Å². The molecule has 1 N–H and O–H groups in total. The van der Waals surface area contributed by atoms with Crippen LogP contribution in [0.15, 0.2) is 119 Å². The molecule has 3 nitrogen and oxygen atoms in total. The first-order chi connectivity index (χ1) is 16.4. The van der Waals surface area contributed by atoms with Crippen LogP contribution >= 0.6 is 0 Å². The molecule has 1 atom stereocenters. The Labute approximate surface area is 194 Å². The van der Waals surface area contributed by atoms with Crippen LogP contribution in [0.4, 0.5) is 17.1 Å². The highest BCUT2D eigenvalue weighted by atomic mass is 16.3. The third kappa shape index (κ3) is 3.76. The number of nitrogens with zero attached hydrogens (tertiary/aromatic N) is 1. The fourth-order valence-corrected chi connectivity index (χ4v) is 4.80. The average Bonchev–Trinajstić information content (AvgIpc) is 3.26. The quantitative estimate of drug-likeness (QED) is 0.345. The summed E-state index contributed by atoms with van der Waals surface area (Å²) in [5.41, 5.74) is 6.27. The lowest BCUT2D eigenvalue weighted by Crippen LogP contribution is -2.33. The van der Waals surface area contributed by atoms with Gasteiger partial charge >= 0.3 is 0 Å². The van der Waals surface area contributed by atoms with Gasteiger partial charge < -0.3 is 14.6 Å². The van der Waals surface area contributed by atoms with Gasteiger partial charge in [-0.2, -0.15) is 0 Å². The lowest BCUT2D eigenvalue weighted by atomic mass is 10.0. The second kappa shape index (κ2) is 8.51. The molecule has 0 saturated carbocycles. The van der Waals surface area contributed by atoms with Gasteiger partial charge in [-0.3, -0.25) is 0 Å². The van der Waals surface area contributed by atoms with Crippen LogP contribution in [0.3, 0.4) is 0 Å². The van der Waals surface area contributed by atoms with E-state index in [-0.39, 0.29) is 0 Å². The SMILES string of the molecule is C1=CCC(N(C2=CCCC=C2)c2cccc(Nc3cccc4c3oc3ccccc34)c2)C=C1. The number of hydrogen-bond acceptors (Lipinski definition) is 3. The van der Waals surface area contributed by atoms with E-state index in [1.54, 1.807) is 0 Å². The van der Waals surface area contributed by atoms with Crippen LogP contribution in [0.2, 0.25) is 0 Å². The lowest BCUT2D eigenvalue weighted by Gasteiger charge is -2.34. The highest BCUT2D eigenvalue weighted by Gasteiger charge is 2.21. The van der Waals surface area contributed by atoms with Crippen LogP contribution in [-0.4, -0.2) is 6.04 Å². The third-order valence-corrected chi connectivity index (χ3v) is 6.35. The van der Waals surface area contributed by atoms with Gasteiger partial charge in [-0.15, -0.1) is 0 Å². The van der Waals surface area contributed by atoms with E-state index in [9.17, 15) is 0 Å². The van der Waals surface area contributed by atoms with Gasteiger partial charge in [0.1, 0.15) is 5.58 Å². The van der Waals surface area contributed by atoms with Crippen molar-refractivity contribution in [2.45, 2.75) is 25.3 Å². The smallest absolute Gasteiger partial charge is 0.158 e. The van der Waals surface area contributed by atoms with E-state index in [4.69, 9.17) is 4.42 Å². The van der Waals surface area contributed by atoms with E-state index < -0.39 is 0 Å². The maximum atomic E-state index is 6.22. The van der Waals surface area contributed by atoms with Gasteiger partial charge in [-0.1, -0.05) is 72.9 Å². The number of benzene rings is 3. The number of furan rings is 1. The standard InChI is InChI=1S/C30H26N2O/c1-3-12-23(13-4-1)32(24-14-5-2-6-15-24)25-16-9-11-22(21-25)31-28-19-10-18-27-26-17-7-8-20-29(26)33-30(27)28/h1,3-5,7-12,14-21,23,31H,2,6,13H2. The minimum Gasteiger partial charge on any atom is -0.454 e. The number of allylic oxidation sites excluding steroid dienone is 5. The van der Waals surface area contributed by atoms with Gasteiger partial charge in [-0.05, 0) is 55.7 Å². The highest BCUT2D eigenvalue weighted by Crippen LogP contribution is 2.36. The molecule has 33 heavy (non-hydrogen) atoms. The van der Waals surface area contributed by atoms with Crippen molar-refractivity contribution in [1.82, 2.24) is 0 Å². The molecule has 1 heterocycles. The number of anilines is 3. The molecular formula is C30H26N2O. The molecular weight excluding hydrogens is 404 g/mol. The van der Waals surface area contributed by atoms with Gasteiger partial charge in [-0.25, -0.2) is 0 Å². The first-order valence-corrected chi connectivity index (χ1v) is 11.6. The molecule has 0 spiro atoms. The summed E-state index contributed by atoms with van der Waals surface area (Å²) in [7, 11) is 0. The Morgan fingerprint density at radius 1 is 0.848 bits per heavy atom. The number of rotatable bonds is 5. The summed E-state index contributed by atoms with van der Waals surface area (Å²) in [4.78, 5) is 2.45. The van der Waals surface area contributed by atoms with Crippen molar-refractivity contribution in [3.05, 3.63) is 115 Å². The first kappa shape index (κ1) is 19.7. The van der Waals surface area contributed by atoms with Crippen molar-refractivity contribution < 1.29 is 4.42 Å². The molecule has 3 aromatic carbocycles. The molecule has 0 fully saturated rings. The zero-order valence-corrected chi connectivity index (χ0v) is 18.4. The van der Waals surface area contributed by atoms with E-state index in [2.05, 4.69) is 107 Å². The van der Waals surface area contributed by atoms with E-state index in [0.29, 0.717) is 6.04 Å². The minimum atomic E-state index is 0.304. The van der Waals surface area contributed by atoms with Crippen molar-refractivity contribution in [2.24, 2.45) is 0 Å². The molecule has 2 aliphatic carbocycles. The van der Waals surface area contributed by atoms with E-state index in [0.717, 1.165) is 52.6 Å². The van der Waals surface area contributed by atoms with Gasteiger partial charge in [0.15, 0.2) is 5.58 Å².